The number of amides is 1. The van der Waals surface area contributed by atoms with E-state index >= 15 is 0 Å². The van der Waals surface area contributed by atoms with Gasteiger partial charge in [0.1, 0.15) is 0 Å². The van der Waals surface area contributed by atoms with Gasteiger partial charge < -0.3 is 10.4 Å². The molecule has 0 spiro atoms. The minimum absolute atomic E-state index is 0.0597. The van der Waals surface area contributed by atoms with E-state index in [2.05, 4.69) is 15.6 Å². The Labute approximate surface area is 121 Å². The van der Waals surface area contributed by atoms with Crippen LogP contribution >= 0.6 is 0 Å². The van der Waals surface area contributed by atoms with Gasteiger partial charge in [0.2, 0.25) is 5.91 Å². The Bertz CT molecular complexity index is 691. The third-order valence-electron chi connectivity index (χ3n) is 2.87. The number of aromatic carboxylic acids is 1. The molecule has 1 amide bonds. The Morgan fingerprint density at radius 1 is 1.33 bits per heavy atom. The molecule has 1 aromatic heterocycles. The summed E-state index contributed by atoms with van der Waals surface area (Å²) in [6, 6.07) is 6.99. The van der Waals surface area contributed by atoms with Crippen molar-refractivity contribution in [2.75, 3.05) is 5.32 Å². The highest BCUT2D eigenvalue weighted by molar-refractivity contribution is 5.89. The molecule has 2 rings (SSSR count). The van der Waals surface area contributed by atoms with Crippen LogP contribution in [0.25, 0.3) is 5.69 Å². The van der Waals surface area contributed by atoms with E-state index in [-0.39, 0.29) is 17.5 Å². The number of aromatic nitrogens is 3. The molecule has 0 aliphatic carbocycles. The van der Waals surface area contributed by atoms with Crippen LogP contribution in [-0.2, 0) is 4.79 Å². The lowest BCUT2D eigenvalue weighted by molar-refractivity contribution is -0.114. The molecule has 7 heteroatoms. The number of carboxylic acid groups (broad SMARTS) is 1. The van der Waals surface area contributed by atoms with E-state index in [1.807, 2.05) is 13.8 Å². The molecule has 1 heterocycles. The van der Waals surface area contributed by atoms with Gasteiger partial charge in [-0.25, -0.2) is 9.48 Å². The van der Waals surface area contributed by atoms with Gasteiger partial charge in [-0.05, 0) is 24.1 Å². The molecule has 2 aromatic rings. The summed E-state index contributed by atoms with van der Waals surface area (Å²) in [7, 11) is 0. The first-order valence-electron chi connectivity index (χ1n) is 6.47. The van der Waals surface area contributed by atoms with Crippen LogP contribution in [0.4, 0.5) is 5.69 Å². The van der Waals surface area contributed by atoms with Crippen LogP contribution in [0.15, 0.2) is 24.3 Å². The summed E-state index contributed by atoms with van der Waals surface area (Å²) in [5.74, 6) is -1.35. The number of hydrogen-bond donors (Lipinski definition) is 2. The lowest BCUT2D eigenvalue weighted by Gasteiger charge is -2.11. The summed E-state index contributed by atoms with van der Waals surface area (Å²) < 4.78 is 1.49. The highest BCUT2D eigenvalue weighted by Crippen LogP contribution is 2.23. The fraction of sp³-hybridized carbons (Fsp3) is 0.286. The van der Waals surface area contributed by atoms with Crippen LogP contribution in [0.3, 0.4) is 0 Å². The number of hydrogen-bond acceptors (Lipinski definition) is 4. The summed E-state index contributed by atoms with van der Waals surface area (Å²) in [4.78, 5) is 22.3. The Balaban J connectivity index is 2.51. The number of anilines is 1. The molecule has 0 radical (unpaired) electrons. The van der Waals surface area contributed by atoms with Crippen LogP contribution in [0, 0.1) is 0 Å². The van der Waals surface area contributed by atoms with Gasteiger partial charge in [0.25, 0.3) is 0 Å². The lowest BCUT2D eigenvalue weighted by Crippen LogP contribution is -2.10. The highest BCUT2D eigenvalue weighted by atomic mass is 16.4. The zero-order valence-electron chi connectivity index (χ0n) is 12.0. The molecule has 7 nitrogen and oxygen atoms in total. The van der Waals surface area contributed by atoms with Crippen molar-refractivity contribution < 1.29 is 14.7 Å². The van der Waals surface area contributed by atoms with E-state index in [1.54, 1.807) is 24.3 Å². The number of carbonyl (C=O) groups is 2. The first kappa shape index (κ1) is 14.7. The van der Waals surface area contributed by atoms with Crippen molar-refractivity contribution in [1.82, 2.24) is 15.0 Å². The second-order valence-electron chi connectivity index (χ2n) is 4.93. The maximum absolute atomic E-state index is 11.2. The summed E-state index contributed by atoms with van der Waals surface area (Å²) in [6.07, 6.45) is 0. The monoisotopic (exact) mass is 288 g/mol. The molecule has 0 saturated carbocycles. The van der Waals surface area contributed by atoms with Gasteiger partial charge in [-0.2, -0.15) is 0 Å². The largest absolute Gasteiger partial charge is 0.476 e. The lowest BCUT2D eigenvalue weighted by atomic mass is 10.1. The normalized spacial score (nSPS) is 10.7. The smallest absolute Gasteiger partial charge is 0.358 e. The van der Waals surface area contributed by atoms with E-state index in [0.717, 1.165) is 0 Å². The molecule has 21 heavy (non-hydrogen) atoms. The molecule has 2 N–H and O–H groups in total. The zero-order valence-corrected chi connectivity index (χ0v) is 12.0. The Hall–Kier alpha value is -2.70. The molecule has 0 aliphatic heterocycles. The van der Waals surface area contributed by atoms with Gasteiger partial charge in [-0.3, -0.25) is 4.79 Å². The predicted octanol–water partition coefficient (Wildman–Crippen LogP) is 2.05. The first-order valence-corrected chi connectivity index (χ1v) is 6.47. The van der Waals surface area contributed by atoms with E-state index in [1.165, 1.54) is 11.6 Å². The van der Waals surface area contributed by atoms with Crippen LogP contribution in [0.1, 0.15) is 42.9 Å². The minimum atomic E-state index is -1.11. The molecular weight excluding hydrogens is 272 g/mol. The fourth-order valence-electron chi connectivity index (χ4n) is 2.07. The van der Waals surface area contributed by atoms with E-state index in [0.29, 0.717) is 17.1 Å². The SMILES string of the molecule is CC(=O)Nc1cccc(-n2nnc(C(=O)O)c2C(C)C)c1. The van der Waals surface area contributed by atoms with Gasteiger partial charge in [0, 0.05) is 12.6 Å². The zero-order chi connectivity index (χ0) is 15.6. The van der Waals surface area contributed by atoms with Gasteiger partial charge in [-0.1, -0.05) is 25.1 Å². The molecule has 1 aromatic carbocycles. The van der Waals surface area contributed by atoms with Gasteiger partial charge in [-0.15, -0.1) is 5.10 Å². The standard InChI is InChI=1S/C14H16N4O3/c1-8(2)13-12(14(20)21)16-17-18(13)11-6-4-5-10(7-11)15-9(3)19/h4-8H,1-3H3,(H,15,19)(H,20,21). The van der Waals surface area contributed by atoms with Gasteiger partial charge in [0.05, 0.1) is 11.4 Å². The van der Waals surface area contributed by atoms with Gasteiger partial charge in [0.15, 0.2) is 5.69 Å². The van der Waals surface area contributed by atoms with Crippen molar-refractivity contribution in [2.24, 2.45) is 0 Å². The number of nitrogens with zero attached hydrogens (tertiary/aromatic N) is 3. The third-order valence-corrected chi connectivity index (χ3v) is 2.87. The summed E-state index contributed by atoms with van der Waals surface area (Å²) >= 11 is 0. The van der Waals surface area contributed by atoms with E-state index < -0.39 is 5.97 Å². The van der Waals surface area contributed by atoms with E-state index in [4.69, 9.17) is 0 Å². The molecule has 110 valence electrons. The molecular formula is C14H16N4O3. The van der Waals surface area contributed by atoms with E-state index in [9.17, 15) is 14.7 Å². The van der Waals surface area contributed by atoms with Crippen molar-refractivity contribution in [2.45, 2.75) is 26.7 Å². The maximum Gasteiger partial charge on any atom is 0.358 e. The quantitative estimate of drug-likeness (QED) is 0.897. The number of rotatable bonds is 4. The van der Waals surface area contributed by atoms with Crippen LogP contribution < -0.4 is 5.32 Å². The average Bonchev–Trinajstić information content (AvgIpc) is 2.83. The molecule has 0 atom stereocenters. The number of nitrogens with one attached hydrogen (secondary N) is 1. The number of carbonyl (C=O) groups excluding carboxylic acids is 1. The first-order chi connectivity index (χ1) is 9.90. The molecule has 0 bridgehead atoms. The van der Waals surface area contributed by atoms with Crippen molar-refractivity contribution in [3.63, 3.8) is 0 Å². The van der Waals surface area contributed by atoms with Crippen molar-refractivity contribution >= 4 is 17.6 Å². The summed E-state index contributed by atoms with van der Waals surface area (Å²) in [6.45, 7) is 5.17. The predicted molar refractivity (Wildman–Crippen MR) is 76.7 cm³/mol. The average molecular weight is 288 g/mol. The molecule has 0 fully saturated rings. The van der Waals surface area contributed by atoms with Crippen LogP contribution in [-0.4, -0.2) is 32.0 Å². The Morgan fingerprint density at radius 2 is 2.05 bits per heavy atom. The molecule has 0 aliphatic rings. The Kier molecular flexibility index (Phi) is 4.02. The van der Waals surface area contributed by atoms with Gasteiger partial charge >= 0.3 is 5.97 Å². The molecule has 0 saturated heterocycles. The van der Waals surface area contributed by atoms with Crippen LogP contribution in [0.2, 0.25) is 0 Å². The second-order valence-corrected chi connectivity index (χ2v) is 4.93. The maximum atomic E-state index is 11.2. The van der Waals surface area contributed by atoms with Crippen molar-refractivity contribution in [1.29, 1.82) is 0 Å². The number of carboxylic acids is 1. The van der Waals surface area contributed by atoms with Crippen molar-refractivity contribution in [3.05, 3.63) is 35.7 Å². The number of benzene rings is 1. The Morgan fingerprint density at radius 3 is 2.62 bits per heavy atom. The fourth-order valence-corrected chi connectivity index (χ4v) is 2.07. The summed E-state index contributed by atoms with van der Waals surface area (Å²) in [5, 5.41) is 19.5. The third kappa shape index (κ3) is 3.07. The highest BCUT2D eigenvalue weighted by Gasteiger charge is 2.22. The summed E-state index contributed by atoms with van der Waals surface area (Å²) in [5.41, 5.74) is 1.71. The minimum Gasteiger partial charge on any atom is -0.476 e. The topological polar surface area (TPSA) is 97.1 Å². The van der Waals surface area contributed by atoms with Crippen molar-refractivity contribution in [3.8, 4) is 5.69 Å². The van der Waals surface area contributed by atoms with Crippen LogP contribution in [0.5, 0.6) is 0 Å². The molecule has 0 unspecified atom stereocenters. The second kappa shape index (κ2) is 5.74.